The second-order valence-electron chi connectivity index (χ2n) is 4.16. The molecule has 0 aliphatic heterocycles. The standard InChI is InChI=1S/C15H16N2S/c1-11-14-6-4-3-5-12(14)9-13(10-16)15(11)18-8-7-17-2/h3-6,9,17H,7-8H2,1-2H3. The van der Waals surface area contributed by atoms with E-state index < -0.39 is 0 Å². The van der Waals surface area contributed by atoms with E-state index in [0.29, 0.717) is 0 Å². The number of benzene rings is 2. The molecule has 0 heterocycles. The third-order valence-corrected chi connectivity index (χ3v) is 4.19. The van der Waals surface area contributed by atoms with Gasteiger partial charge in [0.25, 0.3) is 0 Å². The van der Waals surface area contributed by atoms with Crippen LogP contribution in [-0.2, 0) is 0 Å². The van der Waals surface area contributed by atoms with Crippen LogP contribution in [-0.4, -0.2) is 19.3 Å². The largest absolute Gasteiger partial charge is 0.319 e. The Labute approximate surface area is 112 Å². The van der Waals surface area contributed by atoms with Crippen molar-refractivity contribution in [2.75, 3.05) is 19.3 Å². The molecule has 2 rings (SSSR count). The summed E-state index contributed by atoms with van der Waals surface area (Å²) in [6.07, 6.45) is 0. The van der Waals surface area contributed by atoms with Gasteiger partial charge in [-0.1, -0.05) is 24.3 Å². The minimum Gasteiger partial charge on any atom is -0.319 e. The van der Waals surface area contributed by atoms with Gasteiger partial charge in [-0.2, -0.15) is 5.26 Å². The zero-order chi connectivity index (χ0) is 13.0. The smallest absolute Gasteiger partial charge is 0.100 e. The van der Waals surface area contributed by atoms with Crippen molar-refractivity contribution in [3.8, 4) is 6.07 Å². The fourth-order valence-electron chi connectivity index (χ4n) is 2.03. The van der Waals surface area contributed by atoms with Gasteiger partial charge in [-0.05, 0) is 36.4 Å². The number of nitrogens with zero attached hydrogens (tertiary/aromatic N) is 1. The van der Waals surface area contributed by atoms with Crippen LogP contribution in [0.2, 0.25) is 0 Å². The fourth-order valence-corrected chi connectivity index (χ4v) is 3.13. The highest BCUT2D eigenvalue weighted by Crippen LogP contribution is 2.32. The summed E-state index contributed by atoms with van der Waals surface area (Å²) < 4.78 is 0. The summed E-state index contributed by atoms with van der Waals surface area (Å²) in [4.78, 5) is 1.12. The molecule has 0 bridgehead atoms. The van der Waals surface area contributed by atoms with Crippen molar-refractivity contribution >= 4 is 22.5 Å². The summed E-state index contributed by atoms with van der Waals surface area (Å²) in [6, 6.07) is 12.5. The average Bonchev–Trinajstić information content (AvgIpc) is 2.41. The molecule has 18 heavy (non-hydrogen) atoms. The summed E-state index contributed by atoms with van der Waals surface area (Å²) in [6.45, 7) is 3.05. The van der Waals surface area contributed by atoms with E-state index in [9.17, 15) is 5.26 Å². The summed E-state index contributed by atoms with van der Waals surface area (Å²) >= 11 is 1.75. The zero-order valence-electron chi connectivity index (χ0n) is 10.7. The number of rotatable bonds is 4. The lowest BCUT2D eigenvalue weighted by molar-refractivity contribution is 0.871. The Kier molecular flexibility index (Phi) is 4.24. The van der Waals surface area contributed by atoms with Gasteiger partial charge in [0, 0.05) is 17.2 Å². The summed E-state index contributed by atoms with van der Waals surface area (Å²) in [5.74, 6) is 0.977. The monoisotopic (exact) mass is 256 g/mol. The lowest BCUT2D eigenvalue weighted by atomic mass is 10.0. The predicted octanol–water partition coefficient (Wildman–Crippen LogP) is 3.33. The van der Waals surface area contributed by atoms with Crippen molar-refractivity contribution in [3.05, 3.63) is 41.5 Å². The molecular weight excluding hydrogens is 240 g/mol. The van der Waals surface area contributed by atoms with Gasteiger partial charge in [0.05, 0.1) is 5.56 Å². The average molecular weight is 256 g/mol. The van der Waals surface area contributed by atoms with Crippen molar-refractivity contribution in [2.45, 2.75) is 11.8 Å². The molecule has 1 N–H and O–H groups in total. The quantitative estimate of drug-likeness (QED) is 0.673. The Hall–Kier alpha value is -1.50. The van der Waals surface area contributed by atoms with Crippen LogP contribution in [0.5, 0.6) is 0 Å². The molecular formula is C15H16N2S. The minimum atomic E-state index is 0.785. The molecule has 0 aliphatic rings. The molecule has 0 fully saturated rings. The van der Waals surface area contributed by atoms with Crippen molar-refractivity contribution in [3.63, 3.8) is 0 Å². The van der Waals surface area contributed by atoms with E-state index in [-0.39, 0.29) is 0 Å². The summed E-state index contributed by atoms with van der Waals surface area (Å²) in [7, 11) is 1.94. The Balaban J connectivity index is 2.49. The maximum atomic E-state index is 9.28. The maximum absolute atomic E-state index is 9.28. The highest BCUT2D eigenvalue weighted by molar-refractivity contribution is 7.99. The molecule has 0 spiro atoms. The molecule has 2 nitrogen and oxygen atoms in total. The SMILES string of the molecule is CNCCSc1c(C#N)cc2ccccc2c1C. The van der Waals surface area contributed by atoms with E-state index in [4.69, 9.17) is 0 Å². The fraction of sp³-hybridized carbons (Fsp3) is 0.267. The Morgan fingerprint density at radius 2 is 2.11 bits per heavy atom. The number of hydrogen-bond acceptors (Lipinski definition) is 3. The lowest BCUT2D eigenvalue weighted by Gasteiger charge is -2.11. The summed E-state index contributed by atoms with van der Waals surface area (Å²) in [5, 5.41) is 14.8. The third kappa shape index (κ3) is 2.50. The highest BCUT2D eigenvalue weighted by Gasteiger charge is 2.10. The molecule has 2 aromatic rings. The number of hydrogen-bond donors (Lipinski definition) is 1. The van der Waals surface area contributed by atoms with Gasteiger partial charge in [-0.25, -0.2) is 0 Å². The van der Waals surface area contributed by atoms with Crippen LogP contribution in [0, 0.1) is 18.3 Å². The maximum Gasteiger partial charge on any atom is 0.100 e. The first-order chi connectivity index (χ1) is 8.77. The molecule has 0 atom stereocenters. The van der Waals surface area contributed by atoms with Gasteiger partial charge < -0.3 is 5.32 Å². The number of nitriles is 1. The van der Waals surface area contributed by atoms with Crippen LogP contribution < -0.4 is 5.32 Å². The van der Waals surface area contributed by atoms with Gasteiger partial charge in [-0.3, -0.25) is 0 Å². The molecule has 2 aromatic carbocycles. The van der Waals surface area contributed by atoms with Gasteiger partial charge in [0.15, 0.2) is 0 Å². The van der Waals surface area contributed by atoms with Gasteiger partial charge in [-0.15, -0.1) is 11.8 Å². The first-order valence-corrected chi connectivity index (χ1v) is 6.96. The van der Waals surface area contributed by atoms with Crippen molar-refractivity contribution < 1.29 is 0 Å². The van der Waals surface area contributed by atoms with Crippen molar-refractivity contribution in [2.24, 2.45) is 0 Å². The van der Waals surface area contributed by atoms with Gasteiger partial charge in [0.2, 0.25) is 0 Å². The molecule has 0 saturated carbocycles. The van der Waals surface area contributed by atoms with Crippen LogP contribution in [0.1, 0.15) is 11.1 Å². The van der Waals surface area contributed by atoms with Crippen LogP contribution in [0.15, 0.2) is 35.2 Å². The molecule has 0 aliphatic carbocycles. The Bertz CT molecular complexity index is 599. The Morgan fingerprint density at radius 1 is 1.33 bits per heavy atom. The van der Waals surface area contributed by atoms with Crippen LogP contribution in [0.3, 0.4) is 0 Å². The van der Waals surface area contributed by atoms with E-state index in [1.807, 2.05) is 25.2 Å². The molecule has 0 unspecified atom stereocenters. The Morgan fingerprint density at radius 3 is 2.83 bits per heavy atom. The van der Waals surface area contributed by atoms with Crippen LogP contribution in [0.25, 0.3) is 10.8 Å². The van der Waals surface area contributed by atoms with Crippen LogP contribution >= 0.6 is 11.8 Å². The lowest BCUT2D eigenvalue weighted by Crippen LogP contribution is -2.09. The number of nitrogens with one attached hydrogen (secondary N) is 1. The third-order valence-electron chi connectivity index (χ3n) is 2.97. The van der Waals surface area contributed by atoms with E-state index >= 15 is 0 Å². The van der Waals surface area contributed by atoms with E-state index in [1.54, 1.807) is 11.8 Å². The first kappa shape index (κ1) is 12.9. The van der Waals surface area contributed by atoms with E-state index in [1.165, 1.54) is 10.9 Å². The van der Waals surface area contributed by atoms with Crippen molar-refractivity contribution in [1.29, 1.82) is 5.26 Å². The number of fused-ring (bicyclic) bond motifs is 1. The van der Waals surface area contributed by atoms with Gasteiger partial charge >= 0.3 is 0 Å². The molecule has 0 saturated heterocycles. The molecule has 92 valence electrons. The minimum absolute atomic E-state index is 0.785. The normalized spacial score (nSPS) is 10.5. The highest BCUT2D eigenvalue weighted by atomic mass is 32.2. The van der Waals surface area contributed by atoms with Crippen LogP contribution in [0.4, 0.5) is 0 Å². The molecule has 0 aromatic heterocycles. The first-order valence-electron chi connectivity index (χ1n) is 5.97. The van der Waals surface area contributed by atoms with E-state index in [0.717, 1.165) is 28.1 Å². The number of aryl methyl sites for hydroxylation is 1. The molecule has 0 radical (unpaired) electrons. The van der Waals surface area contributed by atoms with E-state index in [2.05, 4.69) is 30.4 Å². The summed E-state index contributed by atoms with van der Waals surface area (Å²) in [5.41, 5.74) is 2.00. The second-order valence-corrected chi connectivity index (χ2v) is 5.27. The molecule has 3 heteroatoms. The number of thioether (sulfide) groups is 1. The second kappa shape index (κ2) is 5.90. The zero-order valence-corrected chi connectivity index (χ0v) is 11.5. The predicted molar refractivity (Wildman–Crippen MR) is 78.1 cm³/mol. The topological polar surface area (TPSA) is 35.8 Å². The van der Waals surface area contributed by atoms with Crippen molar-refractivity contribution in [1.82, 2.24) is 5.32 Å². The van der Waals surface area contributed by atoms with Gasteiger partial charge in [0.1, 0.15) is 6.07 Å². The molecule has 0 amide bonds.